The third kappa shape index (κ3) is 3.87. The number of hydrogen-bond donors (Lipinski definition) is 2. The van der Waals surface area contributed by atoms with Gasteiger partial charge in [-0.25, -0.2) is 4.79 Å². The van der Waals surface area contributed by atoms with E-state index in [0.717, 1.165) is 31.5 Å². The molecule has 0 aromatic heterocycles. The largest absolute Gasteiger partial charge is 0.449 e. The molecule has 2 atom stereocenters. The molecule has 0 spiro atoms. The Kier molecular flexibility index (Phi) is 5.44. The van der Waals surface area contributed by atoms with Gasteiger partial charge in [0.1, 0.15) is 6.04 Å². The lowest BCUT2D eigenvalue weighted by atomic mass is 10.1. The Balaban J connectivity index is 1.41. The number of carbonyl (C=O) groups is 3. The molecule has 4 rings (SSSR count). The van der Waals surface area contributed by atoms with Gasteiger partial charge in [0.15, 0.2) is 6.10 Å². The zero-order valence-corrected chi connectivity index (χ0v) is 17.1. The summed E-state index contributed by atoms with van der Waals surface area (Å²) in [5.74, 6) is -1.06. The molecule has 1 fully saturated rings. The van der Waals surface area contributed by atoms with E-state index in [0.29, 0.717) is 16.9 Å². The third-order valence-electron chi connectivity index (χ3n) is 5.64. The summed E-state index contributed by atoms with van der Waals surface area (Å²) in [7, 11) is 0. The minimum absolute atomic E-state index is 0.0487. The van der Waals surface area contributed by atoms with Crippen molar-refractivity contribution >= 4 is 34.8 Å². The van der Waals surface area contributed by atoms with Crippen molar-refractivity contribution in [2.75, 3.05) is 22.1 Å². The summed E-state index contributed by atoms with van der Waals surface area (Å²) in [6.45, 7) is 4.42. The Morgan fingerprint density at radius 2 is 2.00 bits per heavy atom. The smallest absolute Gasteiger partial charge is 0.338 e. The van der Waals surface area contributed by atoms with Gasteiger partial charge < -0.3 is 20.3 Å². The van der Waals surface area contributed by atoms with Crippen LogP contribution in [0.1, 0.15) is 42.6 Å². The number of ether oxygens (including phenoxy) is 1. The Morgan fingerprint density at radius 3 is 2.73 bits per heavy atom. The van der Waals surface area contributed by atoms with Crippen LogP contribution in [0, 0.1) is 0 Å². The number of hydrogen-bond acceptors (Lipinski definition) is 5. The first-order valence-electron chi connectivity index (χ1n) is 10.3. The molecule has 0 radical (unpaired) electrons. The molecular formula is C23H25N3O4. The molecule has 0 aliphatic carbocycles. The first kappa shape index (κ1) is 19.9. The topological polar surface area (TPSA) is 87.7 Å². The Hall–Kier alpha value is -3.35. The van der Waals surface area contributed by atoms with E-state index < -0.39 is 18.0 Å². The van der Waals surface area contributed by atoms with Crippen LogP contribution in [0.3, 0.4) is 0 Å². The standard InChI is InChI=1S/C23H25N3O4/c1-3-15-6-9-17(10-7-15)24-21(27)14(2)30-23(29)16-8-11-19-18(13-16)25-22(28)20-5-4-12-26(19)20/h6-11,13-14,20H,3-5,12H2,1-2H3,(H,24,27)(H,25,28)/t14-,20-/m0/s1. The second-order valence-corrected chi connectivity index (χ2v) is 7.66. The minimum atomic E-state index is -0.961. The molecule has 2 heterocycles. The predicted octanol–water partition coefficient (Wildman–Crippen LogP) is 3.35. The number of anilines is 3. The molecule has 30 heavy (non-hydrogen) atoms. The van der Waals surface area contributed by atoms with Crippen molar-refractivity contribution < 1.29 is 19.1 Å². The molecule has 2 N–H and O–H groups in total. The van der Waals surface area contributed by atoms with Gasteiger partial charge in [0.25, 0.3) is 5.91 Å². The van der Waals surface area contributed by atoms with Crippen LogP contribution in [-0.2, 0) is 20.7 Å². The Bertz CT molecular complexity index is 986. The van der Waals surface area contributed by atoms with Crippen molar-refractivity contribution in [3.05, 3.63) is 53.6 Å². The number of esters is 1. The average Bonchev–Trinajstić information content (AvgIpc) is 3.24. The fourth-order valence-corrected chi connectivity index (χ4v) is 3.91. The van der Waals surface area contributed by atoms with E-state index in [4.69, 9.17) is 4.74 Å². The fraction of sp³-hybridized carbons (Fsp3) is 0.348. The second kappa shape index (κ2) is 8.18. The summed E-state index contributed by atoms with van der Waals surface area (Å²) in [6, 6.07) is 12.5. The number of rotatable bonds is 5. The van der Waals surface area contributed by atoms with Gasteiger partial charge in [-0.2, -0.15) is 0 Å². The van der Waals surface area contributed by atoms with Crippen LogP contribution in [0.25, 0.3) is 0 Å². The number of aryl methyl sites for hydroxylation is 1. The van der Waals surface area contributed by atoms with Gasteiger partial charge in [0, 0.05) is 12.2 Å². The zero-order valence-electron chi connectivity index (χ0n) is 17.1. The first-order chi connectivity index (χ1) is 14.5. The molecule has 156 valence electrons. The highest BCUT2D eigenvalue weighted by molar-refractivity contribution is 6.05. The van der Waals surface area contributed by atoms with Crippen molar-refractivity contribution in [2.24, 2.45) is 0 Å². The first-order valence-corrected chi connectivity index (χ1v) is 10.3. The minimum Gasteiger partial charge on any atom is -0.449 e. The quantitative estimate of drug-likeness (QED) is 0.742. The summed E-state index contributed by atoms with van der Waals surface area (Å²) < 4.78 is 5.34. The molecule has 2 amide bonds. The van der Waals surface area contributed by atoms with Gasteiger partial charge in [-0.1, -0.05) is 19.1 Å². The molecular weight excluding hydrogens is 382 g/mol. The molecule has 2 aliphatic rings. The highest BCUT2D eigenvalue weighted by atomic mass is 16.5. The van der Waals surface area contributed by atoms with E-state index in [9.17, 15) is 14.4 Å². The molecule has 7 heteroatoms. The van der Waals surface area contributed by atoms with Crippen LogP contribution in [0.2, 0.25) is 0 Å². The van der Waals surface area contributed by atoms with Crippen molar-refractivity contribution in [2.45, 2.75) is 45.3 Å². The van der Waals surface area contributed by atoms with Crippen molar-refractivity contribution in [3.8, 4) is 0 Å². The number of nitrogens with zero attached hydrogens (tertiary/aromatic N) is 1. The Morgan fingerprint density at radius 1 is 1.23 bits per heavy atom. The van der Waals surface area contributed by atoms with Gasteiger partial charge in [-0.05, 0) is 62.1 Å². The number of fused-ring (bicyclic) bond motifs is 3. The molecule has 2 aromatic rings. The molecule has 0 saturated carbocycles. The fourth-order valence-electron chi connectivity index (χ4n) is 3.91. The molecule has 2 aliphatic heterocycles. The molecule has 0 bridgehead atoms. The van der Waals surface area contributed by atoms with E-state index in [-0.39, 0.29) is 11.9 Å². The van der Waals surface area contributed by atoms with Gasteiger partial charge in [-0.15, -0.1) is 0 Å². The van der Waals surface area contributed by atoms with E-state index in [2.05, 4.69) is 22.5 Å². The number of amides is 2. The SMILES string of the molecule is CCc1ccc(NC(=O)[C@H](C)OC(=O)c2ccc3c(c2)NC(=O)[C@@H]2CCCN32)cc1. The molecule has 7 nitrogen and oxygen atoms in total. The van der Waals surface area contributed by atoms with E-state index in [1.165, 1.54) is 12.5 Å². The van der Waals surface area contributed by atoms with Crippen molar-refractivity contribution in [1.29, 1.82) is 0 Å². The van der Waals surface area contributed by atoms with E-state index >= 15 is 0 Å². The van der Waals surface area contributed by atoms with E-state index in [1.807, 2.05) is 30.3 Å². The lowest BCUT2D eigenvalue weighted by Gasteiger charge is -2.33. The zero-order chi connectivity index (χ0) is 21.3. The summed E-state index contributed by atoms with van der Waals surface area (Å²) >= 11 is 0. The molecule has 2 aromatic carbocycles. The maximum Gasteiger partial charge on any atom is 0.338 e. The maximum atomic E-state index is 12.6. The van der Waals surface area contributed by atoms with Gasteiger partial charge in [-0.3, -0.25) is 9.59 Å². The van der Waals surface area contributed by atoms with Crippen LogP contribution in [0.15, 0.2) is 42.5 Å². The van der Waals surface area contributed by atoms with Crippen LogP contribution >= 0.6 is 0 Å². The summed E-state index contributed by atoms with van der Waals surface area (Å²) in [5, 5.41) is 5.63. The highest BCUT2D eigenvalue weighted by Gasteiger charge is 2.36. The van der Waals surface area contributed by atoms with Crippen LogP contribution in [0.5, 0.6) is 0 Å². The monoisotopic (exact) mass is 407 g/mol. The molecule has 0 unspecified atom stereocenters. The van der Waals surface area contributed by atoms with Crippen LogP contribution in [-0.4, -0.2) is 36.5 Å². The number of benzene rings is 2. The highest BCUT2D eigenvalue weighted by Crippen LogP contribution is 2.37. The summed E-state index contributed by atoms with van der Waals surface area (Å²) in [4.78, 5) is 39.3. The van der Waals surface area contributed by atoms with Crippen LogP contribution in [0.4, 0.5) is 17.1 Å². The van der Waals surface area contributed by atoms with E-state index in [1.54, 1.807) is 12.1 Å². The average molecular weight is 407 g/mol. The van der Waals surface area contributed by atoms with Crippen LogP contribution < -0.4 is 15.5 Å². The number of carbonyl (C=O) groups excluding carboxylic acids is 3. The van der Waals surface area contributed by atoms with Crippen molar-refractivity contribution in [1.82, 2.24) is 0 Å². The van der Waals surface area contributed by atoms with Gasteiger partial charge >= 0.3 is 5.97 Å². The van der Waals surface area contributed by atoms with Crippen molar-refractivity contribution in [3.63, 3.8) is 0 Å². The lowest BCUT2D eigenvalue weighted by Crippen LogP contribution is -2.43. The second-order valence-electron chi connectivity index (χ2n) is 7.66. The third-order valence-corrected chi connectivity index (χ3v) is 5.64. The van der Waals surface area contributed by atoms with Gasteiger partial charge in [0.2, 0.25) is 5.91 Å². The Labute approximate surface area is 175 Å². The predicted molar refractivity (Wildman–Crippen MR) is 115 cm³/mol. The normalized spacial score (nSPS) is 18.1. The summed E-state index contributed by atoms with van der Waals surface area (Å²) in [6.07, 6.45) is 1.76. The molecule has 1 saturated heterocycles. The maximum absolute atomic E-state index is 12.6. The lowest BCUT2D eigenvalue weighted by molar-refractivity contribution is -0.123. The summed E-state index contributed by atoms with van der Waals surface area (Å²) in [5.41, 5.74) is 3.62. The van der Waals surface area contributed by atoms with Gasteiger partial charge in [0.05, 0.1) is 16.9 Å². The number of nitrogens with one attached hydrogen (secondary N) is 2.